The van der Waals surface area contributed by atoms with Crippen LogP contribution in [0.4, 0.5) is 23.3 Å². The number of para-hydroxylation sites is 1. The van der Waals surface area contributed by atoms with Crippen LogP contribution in [0.15, 0.2) is 116 Å². The van der Waals surface area contributed by atoms with Crippen LogP contribution in [0.5, 0.6) is 11.5 Å². The number of benzene rings is 4. The number of piperidine rings is 1. The molecule has 2 fully saturated rings. The number of aromatic nitrogens is 8. The lowest BCUT2D eigenvalue weighted by molar-refractivity contribution is 0.122. The molecule has 8 aromatic rings. The molecule has 2 saturated heterocycles. The molecule has 6 heterocycles. The Morgan fingerprint density at radius 3 is 1.81 bits per heavy atom. The molecule has 14 heteroatoms. The summed E-state index contributed by atoms with van der Waals surface area (Å²) in [5, 5.41) is 14.9. The zero-order valence-corrected chi connectivity index (χ0v) is 32.9. The van der Waals surface area contributed by atoms with E-state index in [1.807, 2.05) is 101 Å². The van der Waals surface area contributed by atoms with Gasteiger partial charge in [0.2, 0.25) is 5.95 Å². The van der Waals surface area contributed by atoms with Gasteiger partial charge in [0.15, 0.2) is 17.1 Å². The fourth-order valence-electron chi connectivity index (χ4n) is 8.03. The van der Waals surface area contributed by atoms with Crippen LogP contribution in [0.3, 0.4) is 0 Å². The molecule has 0 atom stereocenters. The Hall–Kier alpha value is -7.06. The van der Waals surface area contributed by atoms with Crippen LogP contribution in [0, 0.1) is 0 Å². The standard InChI is InChI=1S/C45H43N11O3/c1-57-36-16-10-32(11-17-36)40-49-41(54-24-26-59-27-25-54)38-28-47-56(43(38)50-40)35-14-8-30(9-15-35)31-20-22-53(23-21-31)42-39-29-46-55(34-6-4-3-5-7-34)44(39)52-45(51-42)48-33-12-18-37(58-2)19-13-33/h3-19,28-29,31H,20-27H2,1-2H3,(H,48,51,52). The third kappa shape index (κ3) is 7.12. The van der Waals surface area contributed by atoms with E-state index in [9.17, 15) is 0 Å². The minimum absolute atomic E-state index is 0.396. The van der Waals surface area contributed by atoms with E-state index in [0.717, 1.165) is 107 Å². The zero-order chi connectivity index (χ0) is 39.7. The van der Waals surface area contributed by atoms with Crippen molar-refractivity contribution in [1.29, 1.82) is 0 Å². The highest BCUT2D eigenvalue weighted by molar-refractivity contribution is 5.90. The second-order valence-corrected chi connectivity index (χ2v) is 14.7. The average Bonchev–Trinajstić information content (AvgIpc) is 3.94. The summed E-state index contributed by atoms with van der Waals surface area (Å²) in [5.41, 5.74) is 6.49. The molecular weight excluding hydrogens is 743 g/mol. The Kier molecular flexibility index (Phi) is 9.66. The van der Waals surface area contributed by atoms with Crippen LogP contribution in [0.2, 0.25) is 0 Å². The molecule has 4 aromatic heterocycles. The Morgan fingerprint density at radius 2 is 1.17 bits per heavy atom. The maximum Gasteiger partial charge on any atom is 0.231 e. The van der Waals surface area contributed by atoms with Gasteiger partial charge in [-0.2, -0.15) is 20.2 Å². The van der Waals surface area contributed by atoms with Gasteiger partial charge >= 0.3 is 0 Å². The first-order chi connectivity index (χ1) is 29.1. The average molecular weight is 786 g/mol. The van der Waals surface area contributed by atoms with E-state index in [1.165, 1.54) is 5.56 Å². The molecule has 59 heavy (non-hydrogen) atoms. The van der Waals surface area contributed by atoms with Gasteiger partial charge in [0.1, 0.15) is 23.1 Å². The first-order valence-electron chi connectivity index (χ1n) is 19.9. The van der Waals surface area contributed by atoms with Gasteiger partial charge < -0.3 is 29.3 Å². The SMILES string of the molecule is COc1ccc(Nc2nc(N3CCC(c4ccc(-n5ncc6c(N7CCOCC7)nc(-c7ccc(OC)cc7)nc65)cc4)CC3)c3cnn(-c4ccccc4)c3n2)cc1. The number of hydrogen-bond acceptors (Lipinski definition) is 12. The summed E-state index contributed by atoms with van der Waals surface area (Å²) in [7, 11) is 3.33. The van der Waals surface area contributed by atoms with E-state index in [2.05, 4.69) is 39.4 Å². The molecule has 1 N–H and O–H groups in total. The Bertz CT molecular complexity index is 2700. The van der Waals surface area contributed by atoms with Crippen LogP contribution in [0.25, 0.3) is 44.8 Å². The van der Waals surface area contributed by atoms with E-state index in [1.54, 1.807) is 14.2 Å². The third-order valence-electron chi connectivity index (χ3n) is 11.2. The molecule has 0 radical (unpaired) electrons. The van der Waals surface area contributed by atoms with Crippen molar-refractivity contribution in [3.63, 3.8) is 0 Å². The fraction of sp³-hybridized carbons (Fsp3) is 0.244. The van der Waals surface area contributed by atoms with Gasteiger partial charge in [-0.25, -0.2) is 19.3 Å². The summed E-state index contributed by atoms with van der Waals surface area (Å²) in [6, 6.07) is 34.5. The van der Waals surface area contributed by atoms with Crippen molar-refractivity contribution in [1.82, 2.24) is 39.5 Å². The van der Waals surface area contributed by atoms with Gasteiger partial charge in [0, 0.05) is 37.4 Å². The fourth-order valence-corrected chi connectivity index (χ4v) is 8.03. The maximum atomic E-state index is 5.66. The van der Waals surface area contributed by atoms with Gasteiger partial charge in [0.05, 0.1) is 62.0 Å². The van der Waals surface area contributed by atoms with Crippen LogP contribution in [0.1, 0.15) is 24.3 Å². The summed E-state index contributed by atoms with van der Waals surface area (Å²) in [5.74, 6) is 4.87. The highest BCUT2D eigenvalue weighted by Crippen LogP contribution is 2.36. The highest BCUT2D eigenvalue weighted by Gasteiger charge is 2.26. The first kappa shape index (κ1) is 36.3. The number of rotatable bonds is 10. The molecule has 0 aliphatic carbocycles. The summed E-state index contributed by atoms with van der Waals surface area (Å²) in [4.78, 5) is 24.8. The van der Waals surface area contributed by atoms with Crippen molar-refractivity contribution in [2.24, 2.45) is 0 Å². The number of nitrogens with one attached hydrogen (secondary N) is 1. The monoisotopic (exact) mass is 785 g/mol. The van der Waals surface area contributed by atoms with Crippen LogP contribution in [-0.2, 0) is 4.74 Å². The van der Waals surface area contributed by atoms with Crippen LogP contribution in [-0.4, -0.2) is 93.1 Å². The zero-order valence-electron chi connectivity index (χ0n) is 32.9. The number of nitrogens with zero attached hydrogens (tertiary/aromatic N) is 10. The lowest BCUT2D eigenvalue weighted by atomic mass is 9.89. The maximum absolute atomic E-state index is 5.66. The molecule has 0 bridgehead atoms. The molecule has 0 spiro atoms. The topological polar surface area (TPSA) is 133 Å². The molecule has 0 unspecified atom stereocenters. The van der Waals surface area contributed by atoms with E-state index in [-0.39, 0.29) is 0 Å². The van der Waals surface area contributed by atoms with Gasteiger partial charge in [-0.3, -0.25) is 0 Å². The minimum Gasteiger partial charge on any atom is -0.497 e. The summed E-state index contributed by atoms with van der Waals surface area (Å²) in [6.07, 6.45) is 5.72. The molecule has 2 aliphatic rings. The number of ether oxygens (including phenoxy) is 3. The summed E-state index contributed by atoms with van der Waals surface area (Å²) < 4.78 is 20.2. The van der Waals surface area contributed by atoms with Gasteiger partial charge in [-0.15, -0.1) is 0 Å². The number of morpholine rings is 1. The lowest BCUT2D eigenvalue weighted by Crippen LogP contribution is -2.37. The molecule has 296 valence electrons. The molecular formula is C45H43N11O3. The normalized spacial score (nSPS) is 14.9. The Labute approximate surface area is 341 Å². The summed E-state index contributed by atoms with van der Waals surface area (Å²) in [6.45, 7) is 4.51. The predicted octanol–water partition coefficient (Wildman–Crippen LogP) is 7.59. The van der Waals surface area contributed by atoms with Gasteiger partial charge in [-0.05, 0) is 97.1 Å². The van der Waals surface area contributed by atoms with Gasteiger partial charge in [0.25, 0.3) is 0 Å². The molecule has 2 aliphatic heterocycles. The van der Waals surface area contributed by atoms with Crippen molar-refractivity contribution >= 4 is 45.3 Å². The highest BCUT2D eigenvalue weighted by atomic mass is 16.5. The number of fused-ring (bicyclic) bond motifs is 2. The van der Waals surface area contributed by atoms with Crippen molar-refractivity contribution in [3.8, 4) is 34.3 Å². The largest absolute Gasteiger partial charge is 0.497 e. The molecule has 0 amide bonds. The predicted molar refractivity (Wildman–Crippen MR) is 229 cm³/mol. The van der Waals surface area contributed by atoms with Crippen molar-refractivity contribution < 1.29 is 14.2 Å². The van der Waals surface area contributed by atoms with Crippen LogP contribution < -0.4 is 24.6 Å². The smallest absolute Gasteiger partial charge is 0.231 e. The first-order valence-corrected chi connectivity index (χ1v) is 19.9. The number of anilines is 4. The Morgan fingerprint density at radius 1 is 0.593 bits per heavy atom. The van der Waals surface area contributed by atoms with E-state index in [0.29, 0.717) is 30.9 Å². The Balaban J connectivity index is 0.912. The van der Waals surface area contributed by atoms with Crippen molar-refractivity contribution in [2.45, 2.75) is 18.8 Å². The van der Waals surface area contributed by atoms with Gasteiger partial charge in [-0.1, -0.05) is 30.3 Å². The number of methoxy groups -OCH3 is 2. The number of hydrogen-bond donors (Lipinski definition) is 1. The minimum atomic E-state index is 0.396. The third-order valence-corrected chi connectivity index (χ3v) is 11.2. The molecule has 14 nitrogen and oxygen atoms in total. The van der Waals surface area contributed by atoms with Crippen molar-refractivity contribution in [2.75, 3.05) is 68.7 Å². The molecule has 0 saturated carbocycles. The van der Waals surface area contributed by atoms with E-state index >= 15 is 0 Å². The van der Waals surface area contributed by atoms with E-state index < -0.39 is 0 Å². The van der Waals surface area contributed by atoms with E-state index in [4.69, 9.17) is 44.3 Å². The molecule has 10 rings (SSSR count). The lowest BCUT2D eigenvalue weighted by Gasteiger charge is -2.33. The van der Waals surface area contributed by atoms with Crippen molar-refractivity contribution in [3.05, 3.63) is 121 Å². The molecule has 4 aromatic carbocycles. The second kappa shape index (κ2) is 15.7. The van der Waals surface area contributed by atoms with Crippen LogP contribution >= 0.6 is 0 Å². The summed E-state index contributed by atoms with van der Waals surface area (Å²) >= 11 is 0. The quantitative estimate of drug-likeness (QED) is 0.146. The second-order valence-electron chi connectivity index (χ2n) is 14.7.